The Morgan fingerprint density at radius 1 is 1.08 bits per heavy atom. The van der Waals surface area contributed by atoms with Gasteiger partial charge in [-0.1, -0.05) is 29.4 Å². The van der Waals surface area contributed by atoms with Gasteiger partial charge in [0.1, 0.15) is 5.76 Å². The number of Topliss-reactive ketones (excluding diaryl/α,β-unsaturated/α-hetero) is 1. The molecule has 0 aliphatic rings. The van der Waals surface area contributed by atoms with E-state index in [1.54, 1.807) is 36.4 Å². The molecule has 1 N–H and O–H groups in total. The van der Waals surface area contributed by atoms with Gasteiger partial charge in [-0.15, -0.1) is 0 Å². The molecule has 0 spiro atoms. The number of aryl methyl sites for hydroxylation is 2. The lowest BCUT2D eigenvalue weighted by molar-refractivity contribution is 0.101. The molecule has 0 amide bonds. The molecule has 0 bridgehead atoms. The Morgan fingerprint density at radius 2 is 1.77 bits per heavy atom. The summed E-state index contributed by atoms with van der Waals surface area (Å²) in [5.41, 5.74) is 3.34. The number of carbonyl (C=O) groups is 1. The van der Waals surface area contributed by atoms with Crippen LogP contribution < -0.4 is 4.72 Å². The van der Waals surface area contributed by atoms with Gasteiger partial charge in [-0.05, 0) is 50.6 Å². The Morgan fingerprint density at radius 3 is 2.35 bits per heavy atom. The van der Waals surface area contributed by atoms with Crippen molar-refractivity contribution in [1.29, 1.82) is 0 Å². The van der Waals surface area contributed by atoms with E-state index >= 15 is 0 Å². The molecule has 26 heavy (non-hydrogen) atoms. The highest BCUT2D eigenvalue weighted by Crippen LogP contribution is 2.28. The van der Waals surface area contributed by atoms with Crippen LogP contribution in [0.5, 0.6) is 0 Å². The van der Waals surface area contributed by atoms with Crippen molar-refractivity contribution in [3.8, 4) is 11.1 Å². The number of benzene rings is 2. The number of anilines is 1. The third-order valence-corrected chi connectivity index (χ3v) is 5.39. The van der Waals surface area contributed by atoms with E-state index in [-0.39, 0.29) is 10.7 Å². The molecular formula is C19H18N2O4S. The molecule has 0 radical (unpaired) electrons. The molecule has 0 unspecified atom stereocenters. The SMILES string of the molecule is CC(=O)c1cccc(S(=O)(=O)Nc2ccc(-c3c(C)noc3C)cc2)c1. The summed E-state index contributed by atoms with van der Waals surface area (Å²) in [6.45, 7) is 5.07. The Balaban J connectivity index is 1.87. The number of nitrogens with one attached hydrogen (secondary N) is 1. The van der Waals surface area contributed by atoms with Crippen molar-refractivity contribution in [2.75, 3.05) is 4.72 Å². The van der Waals surface area contributed by atoms with E-state index in [0.717, 1.165) is 16.8 Å². The first-order valence-electron chi connectivity index (χ1n) is 7.95. The summed E-state index contributed by atoms with van der Waals surface area (Å²) < 4.78 is 32.8. The third kappa shape index (κ3) is 3.52. The first kappa shape index (κ1) is 17.9. The number of hydrogen-bond acceptors (Lipinski definition) is 5. The maximum Gasteiger partial charge on any atom is 0.261 e. The summed E-state index contributed by atoms with van der Waals surface area (Å²) in [6, 6.07) is 12.9. The summed E-state index contributed by atoms with van der Waals surface area (Å²) in [5, 5.41) is 3.92. The van der Waals surface area contributed by atoms with E-state index in [9.17, 15) is 13.2 Å². The second kappa shape index (κ2) is 6.76. The van der Waals surface area contributed by atoms with Gasteiger partial charge < -0.3 is 4.52 Å². The smallest absolute Gasteiger partial charge is 0.261 e. The van der Waals surface area contributed by atoms with Crippen LogP contribution in [-0.4, -0.2) is 19.4 Å². The molecule has 3 rings (SSSR count). The minimum atomic E-state index is -3.79. The van der Waals surface area contributed by atoms with Gasteiger partial charge in [0.25, 0.3) is 10.0 Å². The van der Waals surface area contributed by atoms with E-state index in [2.05, 4.69) is 9.88 Å². The summed E-state index contributed by atoms with van der Waals surface area (Å²) in [6.07, 6.45) is 0. The number of rotatable bonds is 5. The van der Waals surface area contributed by atoms with Gasteiger partial charge in [0.15, 0.2) is 5.78 Å². The molecule has 1 heterocycles. The van der Waals surface area contributed by atoms with Crippen molar-refractivity contribution in [3.05, 3.63) is 65.5 Å². The number of ketones is 1. The molecule has 0 saturated heterocycles. The van der Waals surface area contributed by atoms with Crippen LogP contribution in [0.4, 0.5) is 5.69 Å². The molecule has 6 nitrogen and oxygen atoms in total. The van der Waals surface area contributed by atoms with E-state index in [0.29, 0.717) is 17.0 Å². The van der Waals surface area contributed by atoms with Crippen molar-refractivity contribution < 1.29 is 17.7 Å². The lowest BCUT2D eigenvalue weighted by Gasteiger charge is -2.10. The molecule has 0 aliphatic carbocycles. The first-order chi connectivity index (χ1) is 12.3. The zero-order valence-corrected chi connectivity index (χ0v) is 15.4. The van der Waals surface area contributed by atoms with Crippen LogP contribution in [0.3, 0.4) is 0 Å². The summed E-state index contributed by atoms with van der Waals surface area (Å²) in [7, 11) is -3.79. The number of sulfonamides is 1. The monoisotopic (exact) mass is 370 g/mol. The van der Waals surface area contributed by atoms with E-state index < -0.39 is 10.0 Å². The highest BCUT2D eigenvalue weighted by atomic mass is 32.2. The zero-order valence-electron chi connectivity index (χ0n) is 14.6. The fourth-order valence-electron chi connectivity index (χ4n) is 2.70. The molecule has 0 aliphatic heterocycles. The number of aromatic nitrogens is 1. The van der Waals surface area contributed by atoms with E-state index in [1.807, 2.05) is 13.8 Å². The minimum Gasteiger partial charge on any atom is -0.361 e. The summed E-state index contributed by atoms with van der Waals surface area (Å²) >= 11 is 0. The van der Waals surface area contributed by atoms with Crippen LogP contribution in [-0.2, 0) is 10.0 Å². The van der Waals surface area contributed by atoms with Crippen LogP contribution >= 0.6 is 0 Å². The number of hydrogen-bond donors (Lipinski definition) is 1. The molecule has 134 valence electrons. The topological polar surface area (TPSA) is 89.3 Å². The quantitative estimate of drug-likeness (QED) is 0.687. The van der Waals surface area contributed by atoms with Crippen molar-refractivity contribution in [1.82, 2.24) is 5.16 Å². The molecule has 2 aromatic carbocycles. The highest BCUT2D eigenvalue weighted by Gasteiger charge is 2.16. The van der Waals surface area contributed by atoms with Crippen LogP contribution in [0, 0.1) is 13.8 Å². The lowest BCUT2D eigenvalue weighted by atomic mass is 10.0. The fourth-order valence-corrected chi connectivity index (χ4v) is 3.80. The molecule has 3 aromatic rings. The second-order valence-electron chi connectivity index (χ2n) is 5.97. The average molecular weight is 370 g/mol. The van der Waals surface area contributed by atoms with Crippen molar-refractivity contribution in [2.45, 2.75) is 25.7 Å². The normalized spacial score (nSPS) is 11.3. The predicted octanol–water partition coefficient (Wildman–Crippen LogP) is 3.96. The lowest BCUT2D eigenvalue weighted by Crippen LogP contribution is -2.13. The average Bonchev–Trinajstić information content (AvgIpc) is 2.94. The van der Waals surface area contributed by atoms with Gasteiger partial charge >= 0.3 is 0 Å². The van der Waals surface area contributed by atoms with Crippen molar-refractivity contribution in [2.24, 2.45) is 0 Å². The number of nitrogens with zero attached hydrogens (tertiary/aromatic N) is 1. The number of carbonyl (C=O) groups excluding carboxylic acids is 1. The standard InChI is InChI=1S/C19H18N2O4S/c1-12-19(14(3)25-20-12)15-7-9-17(10-8-15)21-26(23,24)18-6-4-5-16(11-18)13(2)22/h4-11,21H,1-3H3. The highest BCUT2D eigenvalue weighted by molar-refractivity contribution is 7.92. The van der Waals surface area contributed by atoms with Crippen molar-refractivity contribution >= 4 is 21.5 Å². The van der Waals surface area contributed by atoms with Gasteiger partial charge in [0.2, 0.25) is 0 Å². The second-order valence-corrected chi connectivity index (χ2v) is 7.65. The summed E-state index contributed by atoms with van der Waals surface area (Å²) in [4.78, 5) is 11.5. The van der Waals surface area contributed by atoms with Crippen LogP contribution in [0.25, 0.3) is 11.1 Å². The van der Waals surface area contributed by atoms with Crippen LogP contribution in [0.2, 0.25) is 0 Å². The largest absolute Gasteiger partial charge is 0.361 e. The first-order valence-corrected chi connectivity index (χ1v) is 9.43. The van der Waals surface area contributed by atoms with Crippen LogP contribution in [0.15, 0.2) is 57.9 Å². The molecule has 0 saturated carbocycles. The Kier molecular flexibility index (Phi) is 4.65. The molecule has 1 aromatic heterocycles. The summed E-state index contributed by atoms with van der Waals surface area (Å²) in [5.74, 6) is 0.516. The zero-order chi connectivity index (χ0) is 18.9. The van der Waals surface area contributed by atoms with Crippen LogP contribution in [0.1, 0.15) is 28.7 Å². The molecule has 7 heteroatoms. The maximum atomic E-state index is 12.6. The van der Waals surface area contributed by atoms with Gasteiger partial charge in [-0.3, -0.25) is 9.52 Å². The van der Waals surface area contributed by atoms with Gasteiger partial charge in [0, 0.05) is 16.8 Å². The Labute approximate surface area is 151 Å². The van der Waals surface area contributed by atoms with Crippen molar-refractivity contribution in [3.63, 3.8) is 0 Å². The molecule has 0 atom stereocenters. The molecular weight excluding hydrogens is 352 g/mol. The maximum absolute atomic E-state index is 12.6. The predicted molar refractivity (Wildman–Crippen MR) is 98.7 cm³/mol. The van der Waals surface area contributed by atoms with Gasteiger partial charge in [-0.2, -0.15) is 0 Å². The van der Waals surface area contributed by atoms with Gasteiger partial charge in [0.05, 0.1) is 10.6 Å². The third-order valence-electron chi connectivity index (χ3n) is 4.01. The Bertz CT molecular complexity index is 1050. The van der Waals surface area contributed by atoms with E-state index in [4.69, 9.17) is 4.52 Å². The minimum absolute atomic E-state index is 0.0417. The fraction of sp³-hybridized carbons (Fsp3) is 0.158. The van der Waals surface area contributed by atoms with E-state index in [1.165, 1.54) is 19.1 Å². The Hall–Kier alpha value is -2.93. The molecule has 0 fully saturated rings. The van der Waals surface area contributed by atoms with Gasteiger partial charge in [-0.25, -0.2) is 8.42 Å².